The number of nitrogens with zero attached hydrogens (tertiary/aromatic N) is 2. The lowest BCUT2D eigenvalue weighted by Gasteiger charge is -2.06. The summed E-state index contributed by atoms with van der Waals surface area (Å²) in [5.74, 6) is 0.305. The van der Waals surface area contributed by atoms with Crippen LogP contribution < -0.4 is 5.32 Å². The van der Waals surface area contributed by atoms with Gasteiger partial charge in [-0.2, -0.15) is 16.9 Å². The Kier molecular flexibility index (Phi) is 6.22. The first kappa shape index (κ1) is 17.1. The Labute approximate surface area is 138 Å². The second kappa shape index (κ2) is 8.38. The lowest BCUT2D eigenvalue weighted by atomic mass is 10.2. The van der Waals surface area contributed by atoms with Gasteiger partial charge in [0.15, 0.2) is 0 Å². The molecule has 0 aliphatic rings. The lowest BCUT2D eigenvalue weighted by molar-refractivity contribution is -0.136. The van der Waals surface area contributed by atoms with Gasteiger partial charge < -0.3 is 10.4 Å². The minimum Gasteiger partial charge on any atom is -0.481 e. The molecule has 0 saturated carbocycles. The van der Waals surface area contributed by atoms with Gasteiger partial charge >= 0.3 is 5.97 Å². The third kappa shape index (κ3) is 5.45. The molecule has 0 unspecified atom stereocenters. The van der Waals surface area contributed by atoms with Gasteiger partial charge in [-0.05, 0) is 24.6 Å². The van der Waals surface area contributed by atoms with Crippen molar-refractivity contribution >= 4 is 29.3 Å². The van der Waals surface area contributed by atoms with Crippen LogP contribution in [-0.2, 0) is 17.1 Å². The molecule has 1 aromatic heterocycles. The van der Waals surface area contributed by atoms with Crippen molar-refractivity contribution in [1.29, 1.82) is 0 Å². The summed E-state index contributed by atoms with van der Waals surface area (Å²) in [6, 6.07) is 7.56. The topological polar surface area (TPSA) is 84.2 Å². The third-order valence-corrected chi connectivity index (χ3v) is 4.16. The summed E-state index contributed by atoms with van der Waals surface area (Å²) in [7, 11) is 0. The van der Waals surface area contributed by atoms with Gasteiger partial charge in [-0.1, -0.05) is 12.1 Å². The van der Waals surface area contributed by atoms with Crippen molar-refractivity contribution in [2.45, 2.75) is 25.6 Å². The van der Waals surface area contributed by atoms with Crippen LogP contribution in [0.3, 0.4) is 0 Å². The summed E-state index contributed by atoms with van der Waals surface area (Å²) in [6.07, 6.45) is 3.41. The molecule has 122 valence electrons. The van der Waals surface area contributed by atoms with Crippen LogP contribution in [-0.4, -0.2) is 32.5 Å². The number of aliphatic carboxylic acids is 1. The summed E-state index contributed by atoms with van der Waals surface area (Å²) in [4.78, 5) is 22.6. The molecule has 0 radical (unpaired) electrons. The highest BCUT2D eigenvalue weighted by Crippen LogP contribution is 2.18. The van der Waals surface area contributed by atoms with Gasteiger partial charge in [0.25, 0.3) is 5.91 Å². The van der Waals surface area contributed by atoms with Gasteiger partial charge in [-0.3, -0.25) is 14.3 Å². The average Bonchev–Trinajstić information content (AvgIpc) is 3.01. The molecule has 0 spiro atoms. The Bertz CT molecular complexity index is 685. The van der Waals surface area contributed by atoms with E-state index in [-0.39, 0.29) is 12.3 Å². The van der Waals surface area contributed by atoms with Gasteiger partial charge in [-0.15, -0.1) is 0 Å². The lowest BCUT2D eigenvalue weighted by Crippen LogP contribution is -2.11. The predicted molar refractivity (Wildman–Crippen MR) is 90.7 cm³/mol. The van der Waals surface area contributed by atoms with Gasteiger partial charge in [0, 0.05) is 29.9 Å². The van der Waals surface area contributed by atoms with E-state index < -0.39 is 5.97 Å². The first-order chi connectivity index (χ1) is 11.1. The number of aryl methyl sites for hydroxylation is 1. The average molecular weight is 333 g/mol. The normalized spacial score (nSPS) is 10.5. The third-order valence-electron chi connectivity index (χ3n) is 3.13. The maximum Gasteiger partial charge on any atom is 0.304 e. The van der Waals surface area contributed by atoms with Crippen LogP contribution in [0.25, 0.3) is 0 Å². The number of thioether (sulfide) groups is 1. The number of anilines is 1. The molecule has 23 heavy (non-hydrogen) atoms. The van der Waals surface area contributed by atoms with Crippen molar-refractivity contribution < 1.29 is 14.7 Å². The number of aromatic nitrogens is 2. The van der Waals surface area contributed by atoms with Crippen molar-refractivity contribution in [3.8, 4) is 0 Å². The van der Waals surface area contributed by atoms with Crippen LogP contribution in [0, 0.1) is 0 Å². The Morgan fingerprint density at radius 1 is 1.39 bits per heavy atom. The summed E-state index contributed by atoms with van der Waals surface area (Å²) >= 11 is 1.56. The Hall–Kier alpha value is -2.28. The first-order valence-corrected chi connectivity index (χ1v) is 8.46. The zero-order valence-electron chi connectivity index (χ0n) is 12.9. The maximum atomic E-state index is 12.2. The molecule has 0 aliphatic heterocycles. The molecule has 1 amide bonds. The van der Waals surface area contributed by atoms with E-state index in [1.165, 1.54) is 0 Å². The molecule has 2 rings (SSSR count). The van der Waals surface area contributed by atoms with E-state index in [4.69, 9.17) is 5.11 Å². The number of carboxylic acids is 1. The number of carboxylic acid groups (broad SMARTS) is 1. The standard InChI is InChI=1S/C16H19N3O3S/c1-2-19-10-13(9-17-19)16(22)18-14-5-3-4-12(8-14)11-23-7-6-15(20)21/h3-5,8-10H,2,6-7,11H2,1H3,(H,18,22)(H,20,21). The van der Waals surface area contributed by atoms with E-state index in [1.54, 1.807) is 28.8 Å². The van der Waals surface area contributed by atoms with E-state index in [0.29, 0.717) is 17.1 Å². The SMILES string of the molecule is CCn1cc(C(=O)Nc2cccc(CSCCC(=O)O)c2)cn1. The summed E-state index contributed by atoms with van der Waals surface area (Å²) < 4.78 is 1.70. The van der Waals surface area contributed by atoms with Gasteiger partial charge in [-0.25, -0.2) is 0 Å². The summed E-state index contributed by atoms with van der Waals surface area (Å²) in [5.41, 5.74) is 2.28. The summed E-state index contributed by atoms with van der Waals surface area (Å²) in [6.45, 7) is 2.68. The van der Waals surface area contributed by atoms with Crippen LogP contribution in [0.5, 0.6) is 0 Å². The van der Waals surface area contributed by atoms with Crippen molar-refractivity contribution in [2.24, 2.45) is 0 Å². The Morgan fingerprint density at radius 2 is 2.22 bits per heavy atom. The van der Waals surface area contributed by atoms with Crippen molar-refractivity contribution in [2.75, 3.05) is 11.1 Å². The number of amides is 1. The maximum absolute atomic E-state index is 12.2. The number of carbonyl (C=O) groups excluding carboxylic acids is 1. The van der Waals surface area contributed by atoms with Crippen LogP contribution in [0.1, 0.15) is 29.3 Å². The second-order valence-electron chi connectivity index (χ2n) is 4.94. The zero-order valence-corrected chi connectivity index (χ0v) is 13.7. The van der Waals surface area contributed by atoms with E-state index in [0.717, 1.165) is 17.8 Å². The van der Waals surface area contributed by atoms with Gasteiger partial charge in [0.2, 0.25) is 0 Å². The molecule has 0 atom stereocenters. The Balaban J connectivity index is 1.91. The smallest absolute Gasteiger partial charge is 0.304 e. The quantitative estimate of drug-likeness (QED) is 0.726. The number of hydrogen-bond donors (Lipinski definition) is 2. The Morgan fingerprint density at radius 3 is 2.91 bits per heavy atom. The van der Waals surface area contributed by atoms with Crippen molar-refractivity contribution in [1.82, 2.24) is 9.78 Å². The van der Waals surface area contributed by atoms with E-state index in [9.17, 15) is 9.59 Å². The molecule has 7 heteroatoms. The first-order valence-electron chi connectivity index (χ1n) is 7.30. The second-order valence-corrected chi connectivity index (χ2v) is 6.04. The highest BCUT2D eigenvalue weighted by molar-refractivity contribution is 7.98. The van der Waals surface area contributed by atoms with E-state index in [1.807, 2.05) is 31.2 Å². The molecule has 2 N–H and O–H groups in total. The monoisotopic (exact) mass is 333 g/mol. The number of carbonyl (C=O) groups is 2. The van der Waals surface area contributed by atoms with Gasteiger partial charge in [0.1, 0.15) is 0 Å². The highest BCUT2D eigenvalue weighted by Gasteiger charge is 2.09. The number of nitrogens with one attached hydrogen (secondary N) is 1. The van der Waals surface area contributed by atoms with Crippen LogP contribution in [0.2, 0.25) is 0 Å². The molecule has 1 aromatic carbocycles. The molecule has 0 fully saturated rings. The minimum atomic E-state index is -0.786. The molecule has 6 nitrogen and oxygen atoms in total. The fraction of sp³-hybridized carbons (Fsp3) is 0.312. The fourth-order valence-electron chi connectivity index (χ4n) is 1.95. The van der Waals surface area contributed by atoms with Gasteiger partial charge in [0.05, 0.1) is 18.2 Å². The van der Waals surface area contributed by atoms with Crippen LogP contribution in [0.15, 0.2) is 36.7 Å². The number of rotatable bonds is 8. The van der Waals surface area contributed by atoms with Crippen molar-refractivity contribution in [3.63, 3.8) is 0 Å². The molecule has 0 aliphatic carbocycles. The van der Waals surface area contributed by atoms with Crippen LogP contribution in [0.4, 0.5) is 5.69 Å². The minimum absolute atomic E-state index is 0.155. The van der Waals surface area contributed by atoms with Crippen LogP contribution >= 0.6 is 11.8 Å². The highest BCUT2D eigenvalue weighted by atomic mass is 32.2. The molecule has 2 aromatic rings. The van der Waals surface area contributed by atoms with Crippen molar-refractivity contribution in [3.05, 3.63) is 47.8 Å². The van der Waals surface area contributed by atoms with E-state index in [2.05, 4.69) is 10.4 Å². The van der Waals surface area contributed by atoms with E-state index >= 15 is 0 Å². The largest absolute Gasteiger partial charge is 0.481 e. The predicted octanol–water partition coefficient (Wildman–Crippen LogP) is 2.86. The molecule has 0 bridgehead atoms. The molecule has 0 saturated heterocycles. The number of benzene rings is 1. The molecule has 1 heterocycles. The number of hydrogen-bond acceptors (Lipinski definition) is 4. The zero-order chi connectivity index (χ0) is 16.7. The summed E-state index contributed by atoms with van der Waals surface area (Å²) in [5, 5.41) is 15.5. The molecular weight excluding hydrogens is 314 g/mol. The molecular formula is C16H19N3O3S. The fourth-order valence-corrected chi connectivity index (χ4v) is 2.82.